The van der Waals surface area contributed by atoms with E-state index in [1.165, 1.54) is 12.8 Å². The van der Waals surface area contributed by atoms with Crippen LogP contribution in [0.1, 0.15) is 53.9 Å². The van der Waals surface area contributed by atoms with Crippen molar-refractivity contribution in [2.75, 3.05) is 0 Å². The number of ether oxygens (including phenoxy) is 1. The van der Waals surface area contributed by atoms with Crippen LogP contribution in [0.5, 0.6) is 0 Å². The monoisotopic (exact) mass is 242 g/mol. The first-order valence-corrected chi connectivity index (χ1v) is 6.57. The van der Waals surface area contributed by atoms with Crippen molar-refractivity contribution in [3.05, 3.63) is 0 Å². The third kappa shape index (κ3) is 5.91. The third-order valence-corrected chi connectivity index (χ3v) is 2.71. The molecule has 0 spiro atoms. The van der Waals surface area contributed by atoms with Crippen molar-refractivity contribution in [1.29, 1.82) is 0 Å². The minimum Gasteiger partial charge on any atom is -0.444 e. The molecule has 0 aromatic heterocycles. The molecule has 0 bridgehead atoms. The summed E-state index contributed by atoms with van der Waals surface area (Å²) in [5, 5.41) is 6.39. The molecule has 1 rings (SSSR count). The molecule has 0 heterocycles. The third-order valence-electron chi connectivity index (χ3n) is 2.71. The molecular formula is C13H26N2O2. The number of hydrogen-bond donors (Lipinski definition) is 2. The van der Waals surface area contributed by atoms with Crippen molar-refractivity contribution in [3.63, 3.8) is 0 Å². The zero-order valence-corrected chi connectivity index (χ0v) is 11.7. The number of hydrogen-bond acceptors (Lipinski definition) is 3. The lowest BCUT2D eigenvalue weighted by atomic mass is 10.2. The molecule has 2 N–H and O–H groups in total. The molecule has 1 amide bonds. The highest BCUT2D eigenvalue weighted by Gasteiger charge is 2.39. The topological polar surface area (TPSA) is 50.4 Å². The average molecular weight is 242 g/mol. The summed E-state index contributed by atoms with van der Waals surface area (Å²) in [6.45, 7) is 9.99. The van der Waals surface area contributed by atoms with Crippen LogP contribution in [-0.4, -0.2) is 29.8 Å². The molecule has 1 aliphatic rings. The second-order valence-corrected chi connectivity index (χ2v) is 5.95. The Morgan fingerprint density at radius 2 is 2.06 bits per heavy atom. The second-order valence-electron chi connectivity index (χ2n) is 5.95. The van der Waals surface area contributed by atoms with Crippen molar-refractivity contribution in [1.82, 2.24) is 10.6 Å². The zero-order chi connectivity index (χ0) is 13.1. The largest absolute Gasteiger partial charge is 0.444 e. The standard InChI is InChI=1S/C13H26N2O2/c1-6-7-9(2)14-10-8-11(10)15-12(16)17-13(3,4)5/h9-11,14H,6-8H2,1-5H3,(H,15,16). The van der Waals surface area contributed by atoms with Gasteiger partial charge in [0.2, 0.25) is 0 Å². The molecule has 4 nitrogen and oxygen atoms in total. The molecular weight excluding hydrogens is 216 g/mol. The smallest absolute Gasteiger partial charge is 0.407 e. The van der Waals surface area contributed by atoms with E-state index < -0.39 is 5.60 Å². The fourth-order valence-electron chi connectivity index (χ4n) is 1.88. The average Bonchev–Trinajstić information content (AvgIpc) is 2.79. The Hall–Kier alpha value is -0.770. The van der Waals surface area contributed by atoms with Crippen molar-refractivity contribution >= 4 is 6.09 Å². The van der Waals surface area contributed by atoms with Gasteiger partial charge in [-0.3, -0.25) is 0 Å². The maximum absolute atomic E-state index is 11.5. The summed E-state index contributed by atoms with van der Waals surface area (Å²) in [6, 6.07) is 1.18. The van der Waals surface area contributed by atoms with Gasteiger partial charge in [-0.1, -0.05) is 13.3 Å². The van der Waals surface area contributed by atoms with Crippen molar-refractivity contribution in [2.45, 2.75) is 77.6 Å². The zero-order valence-electron chi connectivity index (χ0n) is 11.7. The number of alkyl carbamates (subject to hydrolysis) is 1. The van der Waals surface area contributed by atoms with Crippen molar-refractivity contribution in [2.24, 2.45) is 0 Å². The summed E-state index contributed by atoms with van der Waals surface area (Å²) < 4.78 is 5.21. The van der Waals surface area contributed by atoms with Crippen LogP contribution in [0.15, 0.2) is 0 Å². The van der Waals surface area contributed by atoms with Crippen molar-refractivity contribution in [3.8, 4) is 0 Å². The van der Waals surface area contributed by atoms with Gasteiger partial charge >= 0.3 is 6.09 Å². The highest BCUT2D eigenvalue weighted by Crippen LogP contribution is 2.23. The lowest BCUT2D eigenvalue weighted by Crippen LogP contribution is -2.38. The normalized spacial score (nSPS) is 25.2. The number of nitrogens with one attached hydrogen (secondary N) is 2. The van der Waals surface area contributed by atoms with Gasteiger partial charge in [0.25, 0.3) is 0 Å². The van der Waals surface area contributed by atoms with Gasteiger partial charge in [-0.2, -0.15) is 0 Å². The van der Waals surface area contributed by atoms with E-state index in [4.69, 9.17) is 4.74 Å². The van der Waals surface area contributed by atoms with Crippen LogP contribution >= 0.6 is 0 Å². The molecule has 0 saturated heterocycles. The lowest BCUT2D eigenvalue weighted by molar-refractivity contribution is 0.0522. The van der Waals surface area contributed by atoms with Crippen LogP contribution in [0.3, 0.4) is 0 Å². The van der Waals surface area contributed by atoms with Crippen LogP contribution in [0, 0.1) is 0 Å². The molecule has 0 aliphatic heterocycles. The molecule has 3 atom stereocenters. The van der Waals surface area contributed by atoms with Gasteiger partial charge in [-0.15, -0.1) is 0 Å². The van der Waals surface area contributed by atoms with Crippen LogP contribution in [0.2, 0.25) is 0 Å². The summed E-state index contributed by atoms with van der Waals surface area (Å²) in [4.78, 5) is 11.5. The maximum Gasteiger partial charge on any atom is 0.407 e. The van der Waals surface area contributed by atoms with Gasteiger partial charge in [-0.05, 0) is 40.5 Å². The highest BCUT2D eigenvalue weighted by atomic mass is 16.6. The van der Waals surface area contributed by atoms with Gasteiger partial charge in [-0.25, -0.2) is 4.79 Å². The molecule has 0 aromatic carbocycles. The molecule has 3 unspecified atom stereocenters. The predicted molar refractivity (Wildman–Crippen MR) is 69.1 cm³/mol. The van der Waals surface area contributed by atoms with Gasteiger partial charge in [0.1, 0.15) is 5.60 Å². The molecule has 1 fully saturated rings. The van der Waals surface area contributed by atoms with Gasteiger partial charge < -0.3 is 15.4 Å². The molecule has 1 aliphatic carbocycles. The number of rotatable bonds is 5. The van der Waals surface area contributed by atoms with E-state index in [0.717, 1.165) is 6.42 Å². The SMILES string of the molecule is CCCC(C)NC1CC1NC(=O)OC(C)(C)C. The Labute approximate surface area is 104 Å². The lowest BCUT2D eigenvalue weighted by Gasteiger charge is -2.20. The van der Waals surface area contributed by atoms with E-state index in [1.807, 2.05) is 20.8 Å². The van der Waals surface area contributed by atoms with Gasteiger partial charge in [0.15, 0.2) is 0 Å². The van der Waals surface area contributed by atoms with E-state index in [2.05, 4.69) is 24.5 Å². The Balaban J connectivity index is 2.17. The van der Waals surface area contributed by atoms with Crippen LogP contribution in [-0.2, 0) is 4.74 Å². The van der Waals surface area contributed by atoms with Crippen LogP contribution < -0.4 is 10.6 Å². The number of amides is 1. The molecule has 1 saturated carbocycles. The fraction of sp³-hybridized carbons (Fsp3) is 0.923. The number of carbonyl (C=O) groups excluding carboxylic acids is 1. The molecule has 4 heteroatoms. The second kappa shape index (κ2) is 5.71. The fourth-order valence-corrected chi connectivity index (χ4v) is 1.88. The predicted octanol–water partition coefficient (Wildman–Crippen LogP) is 2.43. The van der Waals surface area contributed by atoms with Crippen molar-refractivity contribution < 1.29 is 9.53 Å². The van der Waals surface area contributed by atoms with E-state index in [0.29, 0.717) is 12.1 Å². The van der Waals surface area contributed by atoms with Crippen LogP contribution in [0.25, 0.3) is 0 Å². The summed E-state index contributed by atoms with van der Waals surface area (Å²) in [7, 11) is 0. The summed E-state index contributed by atoms with van der Waals surface area (Å²) in [5.74, 6) is 0. The summed E-state index contributed by atoms with van der Waals surface area (Å²) in [6.07, 6.45) is 3.06. The summed E-state index contributed by atoms with van der Waals surface area (Å²) in [5.41, 5.74) is -0.419. The Morgan fingerprint density at radius 3 is 2.59 bits per heavy atom. The molecule has 0 radical (unpaired) electrons. The Bertz CT molecular complexity index is 261. The van der Waals surface area contributed by atoms with E-state index in [9.17, 15) is 4.79 Å². The Kier molecular flexibility index (Phi) is 4.80. The first kappa shape index (κ1) is 14.3. The van der Waals surface area contributed by atoms with Crippen LogP contribution in [0.4, 0.5) is 4.79 Å². The van der Waals surface area contributed by atoms with Gasteiger partial charge in [0.05, 0.1) is 0 Å². The quantitative estimate of drug-likeness (QED) is 0.778. The first-order valence-electron chi connectivity index (χ1n) is 6.57. The molecule has 100 valence electrons. The highest BCUT2D eigenvalue weighted by molar-refractivity contribution is 5.68. The van der Waals surface area contributed by atoms with E-state index in [-0.39, 0.29) is 12.1 Å². The number of carbonyl (C=O) groups is 1. The van der Waals surface area contributed by atoms with E-state index in [1.54, 1.807) is 0 Å². The maximum atomic E-state index is 11.5. The van der Waals surface area contributed by atoms with Gasteiger partial charge in [0, 0.05) is 18.1 Å². The Morgan fingerprint density at radius 1 is 1.41 bits per heavy atom. The minimum absolute atomic E-state index is 0.240. The molecule has 0 aromatic rings. The van der Waals surface area contributed by atoms with E-state index >= 15 is 0 Å². The first-order chi connectivity index (χ1) is 7.81. The summed E-state index contributed by atoms with van der Waals surface area (Å²) >= 11 is 0. The minimum atomic E-state index is -0.419. The molecule has 17 heavy (non-hydrogen) atoms.